The van der Waals surface area contributed by atoms with Crippen LogP contribution in [-0.2, 0) is 0 Å². The van der Waals surface area contributed by atoms with Crippen molar-refractivity contribution in [3.8, 4) is 5.88 Å². The van der Waals surface area contributed by atoms with Gasteiger partial charge in [-0.1, -0.05) is 0 Å². The highest BCUT2D eigenvalue weighted by Gasteiger charge is 2.20. The molecular formula is C10H13N3O3. The second kappa shape index (κ2) is 4.89. The number of nitrogens with one attached hydrogen (secondary N) is 1. The molecule has 1 saturated heterocycles. The van der Waals surface area contributed by atoms with Crippen LogP contribution < -0.4 is 10.1 Å². The zero-order valence-electron chi connectivity index (χ0n) is 8.72. The number of carboxylic acids is 1. The molecule has 16 heavy (non-hydrogen) atoms. The smallest absolute Gasteiger partial charge is 0.360 e. The Bertz CT molecular complexity index is 377. The molecule has 2 heterocycles. The number of hydrogen-bond donors (Lipinski definition) is 2. The van der Waals surface area contributed by atoms with Crippen molar-refractivity contribution in [1.29, 1.82) is 0 Å². The summed E-state index contributed by atoms with van der Waals surface area (Å²) in [5.41, 5.74) is -0.124. The Balaban J connectivity index is 2.10. The monoisotopic (exact) mass is 223 g/mol. The molecule has 0 spiro atoms. The van der Waals surface area contributed by atoms with Gasteiger partial charge in [0, 0.05) is 12.4 Å². The molecule has 0 bridgehead atoms. The summed E-state index contributed by atoms with van der Waals surface area (Å²) in [6.07, 6.45) is 4.52. The van der Waals surface area contributed by atoms with Crippen LogP contribution in [0.4, 0.5) is 0 Å². The number of carboxylic acid groups (broad SMARTS) is 1. The van der Waals surface area contributed by atoms with Crippen molar-refractivity contribution in [2.45, 2.75) is 18.9 Å². The van der Waals surface area contributed by atoms with E-state index in [0.29, 0.717) is 0 Å². The van der Waals surface area contributed by atoms with Gasteiger partial charge in [-0.25, -0.2) is 14.8 Å². The molecule has 2 rings (SSSR count). The first-order chi connectivity index (χ1) is 7.77. The van der Waals surface area contributed by atoms with Gasteiger partial charge in [-0.3, -0.25) is 0 Å². The first-order valence-corrected chi connectivity index (χ1v) is 5.19. The second-order valence-corrected chi connectivity index (χ2v) is 3.58. The first-order valence-electron chi connectivity index (χ1n) is 5.19. The van der Waals surface area contributed by atoms with E-state index in [1.165, 1.54) is 12.4 Å². The van der Waals surface area contributed by atoms with Crippen LogP contribution in [0.5, 0.6) is 5.88 Å². The summed E-state index contributed by atoms with van der Waals surface area (Å²) in [5.74, 6) is -1.00. The number of aromatic nitrogens is 2. The standard InChI is InChI=1S/C10H13N3O3/c14-10(15)8-9(13-6-5-12-8)16-7-1-3-11-4-2-7/h5-7,11H,1-4H2,(H,14,15). The van der Waals surface area contributed by atoms with E-state index in [4.69, 9.17) is 9.84 Å². The van der Waals surface area contributed by atoms with Crippen molar-refractivity contribution < 1.29 is 14.6 Å². The molecule has 2 N–H and O–H groups in total. The lowest BCUT2D eigenvalue weighted by Gasteiger charge is -2.23. The maximum Gasteiger partial charge on any atom is 0.360 e. The normalized spacial score (nSPS) is 17.0. The maximum absolute atomic E-state index is 10.9. The van der Waals surface area contributed by atoms with Crippen LogP contribution in [0.25, 0.3) is 0 Å². The molecule has 6 heteroatoms. The molecule has 1 aromatic rings. The molecule has 0 amide bonds. The van der Waals surface area contributed by atoms with Gasteiger partial charge in [0.25, 0.3) is 0 Å². The molecule has 0 atom stereocenters. The number of nitrogens with zero attached hydrogens (tertiary/aromatic N) is 2. The first kappa shape index (κ1) is 10.8. The molecule has 0 saturated carbocycles. The van der Waals surface area contributed by atoms with Crippen molar-refractivity contribution in [2.75, 3.05) is 13.1 Å². The SMILES string of the molecule is O=C(O)c1nccnc1OC1CCNCC1. The number of piperidine rings is 1. The van der Waals surface area contributed by atoms with Crippen molar-refractivity contribution >= 4 is 5.97 Å². The van der Waals surface area contributed by atoms with Gasteiger partial charge in [-0.05, 0) is 25.9 Å². The fourth-order valence-electron chi connectivity index (χ4n) is 1.63. The average Bonchev–Trinajstić information content (AvgIpc) is 2.31. The largest absolute Gasteiger partial charge is 0.476 e. The molecular weight excluding hydrogens is 210 g/mol. The van der Waals surface area contributed by atoms with E-state index < -0.39 is 5.97 Å². The lowest BCUT2D eigenvalue weighted by molar-refractivity contribution is 0.0677. The van der Waals surface area contributed by atoms with Crippen LogP contribution in [0.3, 0.4) is 0 Å². The van der Waals surface area contributed by atoms with E-state index in [1.54, 1.807) is 0 Å². The molecule has 86 valence electrons. The minimum atomic E-state index is -1.11. The van der Waals surface area contributed by atoms with E-state index in [1.807, 2.05) is 0 Å². The minimum absolute atomic E-state index is 0.0241. The van der Waals surface area contributed by atoms with Crippen molar-refractivity contribution in [2.24, 2.45) is 0 Å². The summed E-state index contributed by atoms with van der Waals surface area (Å²) in [6, 6.07) is 0. The minimum Gasteiger partial charge on any atom is -0.476 e. The summed E-state index contributed by atoms with van der Waals surface area (Å²) >= 11 is 0. The van der Waals surface area contributed by atoms with Crippen LogP contribution in [0.1, 0.15) is 23.3 Å². The third-order valence-corrected chi connectivity index (χ3v) is 2.43. The Morgan fingerprint density at radius 1 is 1.38 bits per heavy atom. The topological polar surface area (TPSA) is 84.3 Å². The highest BCUT2D eigenvalue weighted by Crippen LogP contribution is 2.16. The van der Waals surface area contributed by atoms with Crippen LogP contribution >= 0.6 is 0 Å². The third-order valence-electron chi connectivity index (χ3n) is 2.43. The Kier molecular flexibility index (Phi) is 3.31. The van der Waals surface area contributed by atoms with Gasteiger partial charge in [-0.15, -0.1) is 0 Å². The van der Waals surface area contributed by atoms with E-state index in [0.717, 1.165) is 25.9 Å². The summed E-state index contributed by atoms with van der Waals surface area (Å²) in [5, 5.41) is 12.1. The lowest BCUT2D eigenvalue weighted by Crippen LogP contribution is -2.34. The quantitative estimate of drug-likeness (QED) is 0.767. The predicted octanol–water partition coefficient (Wildman–Crippen LogP) is 0.306. The van der Waals surface area contributed by atoms with Gasteiger partial charge in [-0.2, -0.15) is 0 Å². The van der Waals surface area contributed by atoms with Gasteiger partial charge < -0.3 is 15.2 Å². The highest BCUT2D eigenvalue weighted by atomic mass is 16.5. The molecule has 1 fully saturated rings. The Morgan fingerprint density at radius 3 is 2.75 bits per heavy atom. The van der Waals surface area contributed by atoms with Gasteiger partial charge in [0.2, 0.25) is 11.6 Å². The summed E-state index contributed by atoms with van der Waals surface area (Å²) < 4.78 is 5.55. The zero-order chi connectivity index (χ0) is 11.4. The third kappa shape index (κ3) is 2.46. The summed E-state index contributed by atoms with van der Waals surface area (Å²) in [6.45, 7) is 1.76. The van der Waals surface area contributed by atoms with Crippen LogP contribution in [0.2, 0.25) is 0 Å². The fourth-order valence-corrected chi connectivity index (χ4v) is 1.63. The Hall–Kier alpha value is -1.69. The van der Waals surface area contributed by atoms with Crippen LogP contribution in [0, 0.1) is 0 Å². The van der Waals surface area contributed by atoms with E-state index in [2.05, 4.69) is 15.3 Å². The van der Waals surface area contributed by atoms with E-state index in [-0.39, 0.29) is 17.7 Å². The zero-order valence-corrected chi connectivity index (χ0v) is 8.72. The van der Waals surface area contributed by atoms with Crippen molar-refractivity contribution in [1.82, 2.24) is 15.3 Å². The van der Waals surface area contributed by atoms with E-state index in [9.17, 15) is 4.79 Å². The molecule has 0 aromatic carbocycles. The van der Waals surface area contributed by atoms with Gasteiger partial charge in [0.15, 0.2) is 0 Å². The van der Waals surface area contributed by atoms with Gasteiger partial charge in [0.1, 0.15) is 6.10 Å². The maximum atomic E-state index is 10.9. The number of aromatic carboxylic acids is 1. The summed E-state index contributed by atoms with van der Waals surface area (Å²) in [4.78, 5) is 18.5. The number of hydrogen-bond acceptors (Lipinski definition) is 5. The average molecular weight is 223 g/mol. The lowest BCUT2D eigenvalue weighted by atomic mass is 10.1. The molecule has 0 radical (unpaired) electrons. The Labute approximate surface area is 92.7 Å². The van der Waals surface area contributed by atoms with Crippen LogP contribution in [-0.4, -0.2) is 40.2 Å². The van der Waals surface area contributed by atoms with E-state index >= 15 is 0 Å². The number of rotatable bonds is 3. The molecule has 1 aliphatic rings. The van der Waals surface area contributed by atoms with Gasteiger partial charge >= 0.3 is 5.97 Å². The molecule has 6 nitrogen and oxygen atoms in total. The molecule has 1 aliphatic heterocycles. The summed E-state index contributed by atoms with van der Waals surface area (Å²) in [7, 11) is 0. The van der Waals surface area contributed by atoms with Gasteiger partial charge in [0.05, 0.1) is 0 Å². The second-order valence-electron chi connectivity index (χ2n) is 3.58. The van der Waals surface area contributed by atoms with Crippen molar-refractivity contribution in [3.05, 3.63) is 18.1 Å². The number of carbonyl (C=O) groups is 1. The van der Waals surface area contributed by atoms with Crippen LogP contribution in [0.15, 0.2) is 12.4 Å². The van der Waals surface area contributed by atoms with Crippen molar-refractivity contribution in [3.63, 3.8) is 0 Å². The molecule has 1 aromatic heterocycles. The Morgan fingerprint density at radius 2 is 2.06 bits per heavy atom. The fraction of sp³-hybridized carbons (Fsp3) is 0.500. The highest BCUT2D eigenvalue weighted by molar-refractivity contribution is 5.87. The molecule has 0 unspecified atom stereocenters. The molecule has 0 aliphatic carbocycles. The predicted molar refractivity (Wildman–Crippen MR) is 55.5 cm³/mol. The number of ether oxygens (including phenoxy) is 1.